The summed E-state index contributed by atoms with van der Waals surface area (Å²) in [5, 5.41) is 3.31. The van der Waals surface area contributed by atoms with Crippen LogP contribution in [0.5, 0.6) is 0 Å². The van der Waals surface area contributed by atoms with E-state index in [1.807, 2.05) is 56.7 Å². The molecule has 7 heteroatoms. The Hall–Kier alpha value is -1.35. The van der Waals surface area contributed by atoms with Gasteiger partial charge in [-0.05, 0) is 24.6 Å². The van der Waals surface area contributed by atoms with Crippen LogP contribution in [0.15, 0.2) is 53.7 Å². The fourth-order valence-electron chi connectivity index (χ4n) is 2.53. The van der Waals surface area contributed by atoms with E-state index in [1.165, 1.54) is 5.69 Å². The number of aromatic nitrogens is 1. The Morgan fingerprint density at radius 3 is 2.58 bits per heavy atom. The average molecular weight is 488 g/mol. The molecule has 1 N–H and O–H groups in total. The number of benzene rings is 1. The van der Waals surface area contributed by atoms with E-state index in [-0.39, 0.29) is 24.0 Å². The molecule has 0 aliphatic rings. The molecule has 0 amide bonds. The summed E-state index contributed by atoms with van der Waals surface area (Å²) in [6.07, 6.45) is 2.04. The predicted octanol–water partition coefficient (Wildman–Crippen LogP) is 2.99. The minimum Gasteiger partial charge on any atom is -0.357 e. The molecular formula is C19H29IN4OS. The zero-order chi connectivity index (χ0) is 18.1. The van der Waals surface area contributed by atoms with Crippen LogP contribution >= 0.6 is 24.0 Å². The van der Waals surface area contributed by atoms with Gasteiger partial charge in [-0.25, -0.2) is 0 Å². The molecule has 0 bridgehead atoms. The van der Waals surface area contributed by atoms with Crippen LogP contribution in [-0.2, 0) is 30.1 Å². The first-order valence-corrected chi connectivity index (χ1v) is 10.1. The molecule has 0 fully saturated rings. The van der Waals surface area contributed by atoms with Gasteiger partial charge >= 0.3 is 0 Å². The van der Waals surface area contributed by atoms with Gasteiger partial charge in [0.1, 0.15) is 0 Å². The SMILES string of the molecule is CCNC(=NCCS(=O)Cc1ccccc1)N(C)Cc1cccn1C.I. The molecule has 0 radical (unpaired) electrons. The summed E-state index contributed by atoms with van der Waals surface area (Å²) in [4.78, 5) is 6.73. The fourth-order valence-corrected chi connectivity index (χ4v) is 3.54. The third-order valence-corrected chi connectivity index (χ3v) is 5.19. The third-order valence-electron chi connectivity index (χ3n) is 3.90. The summed E-state index contributed by atoms with van der Waals surface area (Å²) in [5.74, 6) is 2.01. The first kappa shape index (κ1) is 22.7. The molecule has 0 saturated heterocycles. The van der Waals surface area contributed by atoms with Gasteiger partial charge in [0.05, 0.1) is 13.1 Å². The standard InChI is InChI=1S/C19H28N4OS.HI/c1-4-20-19(23(3)15-18-11-8-13-22(18)2)21-12-14-25(24)16-17-9-6-5-7-10-17;/h5-11,13H,4,12,14-16H2,1-3H3,(H,20,21);1H. The van der Waals surface area contributed by atoms with Crippen molar-refractivity contribution in [3.63, 3.8) is 0 Å². The molecule has 0 aliphatic carbocycles. The van der Waals surface area contributed by atoms with Crippen LogP contribution in [0.2, 0.25) is 0 Å². The van der Waals surface area contributed by atoms with Crippen molar-refractivity contribution in [1.29, 1.82) is 0 Å². The summed E-state index contributed by atoms with van der Waals surface area (Å²) in [5.41, 5.74) is 2.33. The van der Waals surface area contributed by atoms with Crippen molar-refractivity contribution < 1.29 is 4.21 Å². The average Bonchev–Trinajstić information content (AvgIpc) is 3.00. The third kappa shape index (κ3) is 7.49. The second-order valence-electron chi connectivity index (χ2n) is 5.98. The van der Waals surface area contributed by atoms with Crippen molar-refractivity contribution in [3.05, 3.63) is 59.9 Å². The molecule has 1 aromatic heterocycles. The predicted molar refractivity (Wildman–Crippen MR) is 121 cm³/mol. The Morgan fingerprint density at radius 2 is 1.96 bits per heavy atom. The second-order valence-corrected chi connectivity index (χ2v) is 7.55. The van der Waals surface area contributed by atoms with Gasteiger partial charge in [-0.1, -0.05) is 30.3 Å². The van der Waals surface area contributed by atoms with E-state index in [2.05, 4.69) is 32.8 Å². The number of hydrogen-bond acceptors (Lipinski definition) is 2. The maximum atomic E-state index is 12.2. The maximum absolute atomic E-state index is 12.2. The van der Waals surface area contributed by atoms with Crippen molar-refractivity contribution in [2.24, 2.45) is 12.0 Å². The van der Waals surface area contributed by atoms with Crippen LogP contribution in [0, 0.1) is 0 Å². The minimum absolute atomic E-state index is 0. The van der Waals surface area contributed by atoms with Gasteiger partial charge in [0.2, 0.25) is 0 Å². The van der Waals surface area contributed by atoms with E-state index in [0.717, 1.165) is 24.6 Å². The zero-order valence-corrected chi connectivity index (χ0v) is 18.9. The summed E-state index contributed by atoms with van der Waals surface area (Å²) < 4.78 is 14.3. The normalized spacial score (nSPS) is 12.3. The quantitative estimate of drug-likeness (QED) is 0.353. The summed E-state index contributed by atoms with van der Waals surface area (Å²) in [6.45, 7) is 4.20. The van der Waals surface area contributed by atoms with E-state index in [4.69, 9.17) is 0 Å². The molecule has 0 spiro atoms. The van der Waals surface area contributed by atoms with Gasteiger partial charge in [-0.15, -0.1) is 24.0 Å². The molecule has 2 aromatic rings. The highest BCUT2D eigenvalue weighted by molar-refractivity contribution is 14.0. The second kappa shape index (κ2) is 12.1. The summed E-state index contributed by atoms with van der Waals surface area (Å²) in [7, 11) is 3.17. The molecule has 1 aromatic carbocycles. The Bertz CT molecular complexity index is 703. The van der Waals surface area contributed by atoms with Crippen LogP contribution in [0.1, 0.15) is 18.2 Å². The van der Waals surface area contributed by atoms with Gasteiger partial charge in [-0.3, -0.25) is 9.20 Å². The molecule has 0 aliphatic heterocycles. The van der Waals surface area contributed by atoms with E-state index in [0.29, 0.717) is 18.1 Å². The molecule has 1 heterocycles. The first-order chi connectivity index (χ1) is 12.1. The molecular weight excluding hydrogens is 459 g/mol. The number of hydrogen-bond donors (Lipinski definition) is 1. The number of aliphatic imine (C=N–C) groups is 1. The Labute approximate surface area is 176 Å². The van der Waals surface area contributed by atoms with E-state index in [1.54, 1.807) is 0 Å². The first-order valence-electron chi connectivity index (χ1n) is 8.58. The van der Waals surface area contributed by atoms with Crippen LogP contribution in [0.3, 0.4) is 0 Å². The number of rotatable bonds is 8. The lowest BCUT2D eigenvalue weighted by Gasteiger charge is -2.22. The molecule has 1 unspecified atom stereocenters. The number of aryl methyl sites for hydroxylation is 1. The molecule has 5 nitrogen and oxygen atoms in total. The number of halogens is 1. The van der Waals surface area contributed by atoms with Gasteiger partial charge < -0.3 is 14.8 Å². The van der Waals surface area contributed by atoms with Crippen LogP contribution in [0.4, 0.5) is 0 Å². The van der Waals surface area contributed by atoms with Gasteiger partial charge in [0, 0.05) is 54.8 Å². The van der Waals surface area contributed by atoms with Gasteiger partial charge in [0.25, 0.3) is 0 Å². The van der Waals surface area contributed by atoms with E-state index < -0.39 is 10.8 Å². The smallest absolute Gasteiger partial charge is 0.194 e. The highest BCUT2D eigenvalue weighted by atomic mass is 127. The minimum atomic E-state index is -0.897. The monoisotopic (exact) mass is 488 g/mol. The van der Waals surface area contributed by atoms with Crippen molar-refractivity contribution in [2.45, 2.75) is 19.2 Å². The highest BCUT2D eigenvalue weighted by Crippen LogP contribution is 2.05. The van der Waals surface area contributed by atoms with Gasteiger partial charge in [0.15, 0.2) is 5.96 Å². The lowest BCUT2D eigenvalue weighted by molar-refractivity contribution is 0.462. The van der Waals surface area contributed by atoms with Gasteiger partial charge in [-0.2, -0.15) is 0 Å². The summed E-state index contributed by atoms with van der Waals surface area (Å²) >= 11 is 0. The highest BCUT2D eigenvalue weighted by Gasteiger charge is 2.08. The Kier molecular flexibility index (Phi) is 10.6. The number of guanidine groups is 1. The zero-order valence-electron chi connectivity index (χ0n) is 15.7. The topological polar surface area (TPSA) is 49.6 Å². The van der Waals surface area contributed by atoms with Crippen LogP contribution in [-0.4, -0.2) is 45.5 Å². The fraction of sp³-hybridized carbons (Fsp3) is 0.421. The van der Waals surface area contributed by atoms with E-state index in [9.17, 15) is 4.21 Å². The van der Waals surface area contributed by atoms with Crippen LogP contribution in [0.25, 0.3) is 0 Å². The van der Waals surface area contributed by atoms with Crippen molar-refractivity contribution in [2.75, 3.05) is 25.9 Å². The number of nitrogens with zero attached hydrogens (tertiary/aromatic N) is 3. The largest absolute Gasteiger partial charge is 0.357 e. The van der Waals surface area contributed by atoms with Crippen molar-refractivity contribution >= 4 is 40.7 Å². The lowest BCUT2D eigenvalue weighted by Crippen LogP contribution is -2.39. The molecule has 26 heavy (non-hydrogen) atoms. The molecule has 0 saturated carbocycles. The lowest BCUT2D eigenvalue weighted by atomic mass is 10.2. The van der Waals surface area contributed by atoms with Crippen molar-refractivity contribution in [3.8, 4) is 0 Å². The van der Waals surface area contributed by atoms with Crippen molar-refractivity contribution in [1.82, 2.24) is 14.8 Å². The van der Waals surface area contributed by atoms with E-state index >= 15 is 0 Å². The number of nitrogens with one attached hydrogen (secondary N) is 1. The molecule has 144 valence electrons. The maximum Gasteiger partial charge on any atom is 0.194 e. The Balaban J connectivity index is 0.00000338. The molecule has 2 rings (SSSR count). The summed E-state index contributed by atoms with van der Waals surface area (Å²) in [6, 6.07) is 14.1. The Morgan fingerprint density at radius 1 is 1.23 bits per heavy atom. The van der Waals surface area contributed by atoms with Crippen LogP contribution < -0.4 is 5.32 Å². The molecule has 1 atom stereocenters.